The molecule has 1 amide bonds. The van der Waals surface area contributed by atoms with Gasteiger partial charge in [-0.15, -0.1) is 0 Å². The number of amides is 1. The molecule has 0 fully saturated rings. The van der Waals surface area contributed by atoms with Gasteiger partial charge in [0.15, 0.2) is 0 Å². The molecule has 2 N–H and O–H groups in total. The van der Waals surface area contributed by atoms with E-state index < -0.39 is 5.60 Å². The Hall–Kier alpha value is -1.65. The fourth-order valence-electron chi connectivity index (χ4n) is 1.62. The van der Waals surface area contributed by atoms with Crippen molar-refractivity contribution in [3.05, 3.63) is 58.3 Å². The highest BCUT2D eigenvalue weighted by Gasteiger charge is 2.24. The van der Waals surface area contributed by atoms with Crippen molar-refractivity contribution in [3.63, 3.8) is 0 Å². The van der Waals surface area contributed by atoms with Gasteiger partial charge < -0.3 is 10.4 Å². The third-order valence-corrected chi connectivity index (χ3v) is 3.46. The minimum Gasteiger partial charge on any atom is -0.384 e. The largest absolute Gasteiger partial charge is 0.384 e. The Morgan fingerprint density at radius 3 is 2.67 bits per heavy atom. The van der Waals surface area contributed by atoms with E-state index in [0.717, 1.165) is 5.56 Å². The van der Waals surface area contributed by atoms with Crippen LogP contribution in [0.3, 0.4) is 0 Å². The van der Waals surface area contributed by atoms with Crippen molar-refractivity contribution in [1.82, 2.24) is 5.32 Å². The Morgan fingerprint density at radius 1 is 1.33 bits per heavy atom. The van der Waals surface area contributed by atoms with E-state index in [9.17, 15) is 9.90 Å². The molecule has 0 aliphatic carbocycles. The lowest BCUT2D eigenvalue weighted by Gasteiger charge is -2.22. The van der Waals surface area contributed by atoms with Crippen molar-refractivity contribution in [1.29, 1.82) is 0 Å². The molecule has 0 aliphatic rings. The molecule has 1 unspecified atom stereocenters. The zero-order chi connectivity index (χ0) is 13.0. The SMILES string of the molecule is CC(O)(CNC(=O)c1ccccc1)c1ccsc1. The van der Waals surface area contributed by atoms with Gasteiger partial charge in [0.05, 0.1) is 6.54 Å². The van der Waals surface area contributed by atoms with Crippen LogP contribution in [-0.4, -0.2) is 17.6 Å². The summed E-state index contributed by atoms with van der Waals surface area (Å²) in [5.41, 5.74) is 0.379. The van der Waals surface area contributed by atoms with Crippen LogP contribution in [0, 0.1) is 0 Å². The lowest BCUT2D eigenvalue weighted by atomic mass is 9.99. The number of thiophene rings is 1. The molecule has 0 bridgehead atoms. The highest BCUT2D eigenvalue weighted by Crippen LogP contribution is 2.22. The van der Waals surface area contributed by atoms with E-state index in [2.05, 4.69) is 5.32 Å². The Balaban J connectivity index is 1.98. The monoisotopic (exact) mass is 261 g/mol. The van der Waals surface area contributed by atoms with Gasteiger partial charge in [0, 0.05) is 5.56 Å². The lowest BCUT2D eigenvalue weighted by Crippen LogP contribution is -2.38. The summed E-state index contributed by atoms with van der Waals surface area (Å²) >= 11 is 1.52. The molecule has 0 aliphatic heterocycles. The average Bonchev–Trinajstić information content (AvgIpc) is 2.92. The first-order valence-electron chi connectivity index (χ1n) is 5.68. The van der Waals surface area contributed by atoms with E-state index >= 15 is 0 Å². The van der Waals surface area contributed by atoms with Crippen molar-refractivity contribution in [2.75, 3.05) is 6.54 Å². The molecule has 0 radical (unpaired) electrons. The normalized spacial score (nSPS) is 13.9. The van der Waals surface area contributed by atoms with Gasteiger partial charge in [-0.05, 0) is 41.4 Å². The smallest absolute Gasteiger partial charge is 0.251 e. The van der Waals surface area contributed by atoms with Crippen LogP contribution in [0.1, 0.15) is 22.8 Å². The third-order valence-electron chi connectivity index (χ3n) is 2.77. The van der Waals surface area contributed by atoms with Crippen molar-refractivity contribution in [2.24, 2.45) is 0 Å². The average molecular weight is 261 g/mol. The topological polar surface area (TPSA) is 49.3 Å². The van der Waals surface area contributed by atoms with E-state index in [4.69, 9.17) is 0 Å². The minimum absolute atomic E-state index is 0.175. The van der Waals surface area contributed by atoms with Crippen LogP contribution in [-0.2, 0) is 5.60 Å². The van der Waals surface area contributed by atoms with Gasteiger partial charge in [0.1, 0.15) is 5.60 Å². The summed E-state index contributed by atoms with van der Waals surface area (Å²) in [6.45, 7) is 1.89. The first-order valence-corrected chi connectivity index (χ1v) is 6.62. The van der Waals surface area contributed by atoms with Gasteiger partial charge in [-0.2, -0.15) is 11.3 Å². The molecule has 3 nitrogen and oxygen atoms in total. The molecule has 0 spiro atoms. The van der Waals surface area contributed by atoms with Crippen LogP contribution in [0.25, 0.3) is 0 Å². The predicted octanol–water partition coefficient (Wildman–Crippen LogP) is 2.39. The maximum absolute atomic E-state index is 11.8. The zero-order valence-electron chi connectivity index (χ0n) is 10.1. The number of aliphatic hydroxyl groups is 1. The fraction of sp³-hybridized carbons (Fsp3) is 0.214. The molecule has 94 valence electrons. The summed E-state index contributed by atoms with van der Waals surface area (Å²) in [5, 5.41) is 16.8. The summed E-state index contributed by atoms with van der Waals surface area (Å²) in [5.74, 6) is -0.175. The van der Waals surface area contributed by atoms with Crippen molar-refractivity contribution in [2.45, 2.75) is 12.5 Å². The second-order valence-electron chi connectivity index (χ2n) is 4.33. The number of benzene rings is 1. The quantitative estimate of drug-likeness (QED) is 0.887. The van der Waals surface area contributed by atoms with Gasteiger partial charge in [-0.25, -0.2) is 0 Å². The van der Waals surface area contributed by atoms with Crippen molar-refractivity contribution < 1.29 is 9.90 Å². The Kier molecular flexibility index (Phi) is 3.79. The molecule has 4 heteroatoms. The highest BCUT2D eigenvalue weighted by molar-refractivity contribution is 7.08. The molecule has 2 aromatic rings. The van der Waals surface area contributed by atoms with E-state index in [1.807, 2.05) is 35.0 Å². The summed E-state index contributed by atoms with van der Waals surface area (Å²) < 4.78 is 0. The standard InChI is InChI=1S/C14H15NO2S/c1-14(17,12-7-8-18-9-12)10-15-13(16)11-5-3-2-4-6-11/h2-9,17H,10H2,1H3,(H,15,16). The number of hydrogen-bond donors (Lipinski definition) is 2. The summed E-state index contributed by atoms with van der Waals surface area (Å²) in [7, 11) is 0. The van der Waals surface area contributed by atoms with Gasteiger partial charge in [0.2, 0.25) is 0 Å². The van der Waals surface area contributed by atoms with Gasteiger partial charge in [0.25, 0.3) is 5.91 Å². The second kappa shape index (κ2) is 5.33. The predicted molar refractivity (Wildman–Crippen MR) is 72.7 cm³/mol. The zero-order valence-corrected chi connectivity index (χ0v) is 10.9. The molecular weight excluding hydrogens is 246 g/mol. The molecule has 0 saturated heterocycles. The third kappa shape index (κ3) is 2.97. The van der Waals surface area contributed by atoms with Crippen LogP contribution in [0.2, 0.25) is 0 Å². The van der Waals surface area contributed by atoms with Crippen molar-refractivity contribution >= 4 is 17.2 Å². The second-order valence-corrected chi connectivity index (χ2v) is 5.11. The Bertz CT molecular complexity index is 506. The number of carbonyl (C=O) groups excluding carboxylic acids is 1. The van der Waals surface area contributed by atoms with Gasteiger partial charge in [-0.1, -0.05) is 18.2 Å². The van der Waals surface area contributed by atoms with Crippen molar-refractivity contribution in [3.8, 4) is 0 Å². The maximum atomic E-state index is 11.8. The molecule has 1 aromatic carbocycles. The number of rotatable bonds is 4. The minimum atomic E-state index is -1.04. The first-order chi connectivity index (χ1) is 8.59. The van der Waals surface area contributed by atoms with Crippen LogP contribution < -0.4 is 5.32 Å². The number of nitrogens with one attached hydrogen (secondary N) is 1. The molecule has 2 rings (SSSR count). The van der Waals surface area contributed by atoms with Crippen LogP contribution in [0.4, 0.5) is 0 Å². The van der Waals surface area contributed by atoms with E-state index in [-0.39, 0.29) is 12.5 Å². The van der Waals surface area contributed by atoms with Crippen LogP contribution in [0.5, 0.6) is 0 Å². The fourth-order valence-corrected chi connectivity index (χ4v) is 2.40. The molecule has 18 heavy (non-hydrogen) atoms. The number of hydrogen-bond acceptors (Lipinski definition) is 3. The van der Waals surface area contributed by atoms with E-state index in [1.54, 1.807) is 19.1 Å². The Labute approximate surface area is 110 Å². The molecule has 0 saturated carbocycles. The number of carbonyl (C=O) groups is 1. The molecule has 1 heterocycles. The van der Waals surface area contributed by atoms with E-state index in [0.29, 0.717) is 5.56 Å². The van der Waals surface area contributed by atoms with Crippen LogP contribution >= 0.6 is 11.3 Å². The Morgan fingerprint density at radius 2 is 2.06 bits per heavy atom. The summed E-state index contributed by atoms with van der Waals surface area (Å²) in [6, 6.07) is 10.8. The molecular formula is C14H15NO2S. The first kappa shape index (κ1) is 12.8. The van der Waals surface area contributed by atoms with Gasteiger partial charge >= 0.3 is 0 Å². The molecule has 1 aromatic heterocycles. The highest BCUT2D eigenvalue weighted by atomic mass is 32.1. The van der Waals surface area contributed by atoms with E-state index in [1.165, 1.54) is 11.3 Å². The van der Waals surface area contributed by atoms with Gasteiger partial charge in [-0.3, -0.25) is 4.79 Å². The lowest BCUT2D eigenvalue weighted by molar-refractivity contribution is 0.0530. The molecule has 1 atom stereocenters. The van der Waals surface area contributed by atoms with Crippen LogP contribution in [0.15, 0.2) is 47.2 Å². The summed E-state index contributed by atoms with van der Waals surface area (Å²) in [4.78, 5) is 11.8. The summed E-state index contributed by atoms with van der Waals surface area (Å²) in [6.07, 6.45) is 0. The maximum Gasteiger partial charge on any atom is 0.251 e.